The van der Waals surface area contributed by atoms with Gasteiger partial charge in [-0.25, -0.2) is 0 Å². The molecule has 360 valence electrons. The number of ether oxygens (including phenoxy) is 6. The Labute approximate surface area is 369 Å². The molecule has 10 N–H and O–H groups in total. The van der Waals surface area contributed by atoms with Gasteiger partial charge in [0.1, 0.15) is 66.5 Å². The number of hydrogen-bond donors (Lipinski definition) is 10. The highest BCUT2D eigenvalue weighted by molar-refractivity contribution is 5.77. The van der Waals surface area contributed by atoms with E-state index in [0.717, 1.165) is 38.5 Å². The normalized spacial score (nSPS) is 54.1. The first-order valence-electron chi connectivity index (χ1n) is 23.2. The Morgan fingerprint density at radius 1 is 0.698 bits per heavy atom. The van der Waals surface area contributed by atoms with Gasteiger partial charge in [-0.05, 0) is 103 Å². The van der Waals surface area contributed by atoms with Crippen LogP contribution in [-0.4, -0.2) is 169 Å². The molecule has 7 fully saturated rings. The van der Waals surface area contributed by atoms with Crippen LogP contribution in [0.1, 0.15) is 106 Å². The lowest BCUT2D eigenvalue weighted by atomic mass is 9.33. The Kier molecular flexibility index (Phi) is 12.7. The maximum absolute atomic E-state index is 13.1. The number of hydrogen-bond acceptors (Lipinski definition) is 16. The van der Waals surface area contributed by atoms with Gasteiger partial charge in [-0.2, -0.15) is 0 Å². The van der Waals surface area contributed by atoms with Gasteiger partial charge in [-0.15, -0.1) is 0 Å². The first-order valence-corrected chi connectivity index (χ1v) is 23.2. The molecule has 17 heteroatoms. The van der Waals surface area contributed by atoms with E-state index in [9.17, 15) is 55.9 Å². The number of aliphatic hydroxyl groups is 9. The summed E-state index contributed by atoms with van der Waals surface area (Å²) in [4.78, 5) is 13.1. The zero-order valence-electron chi connectivity index (χ0n) is 37.8. The van der Waals surface area contributed by atoms with Gasteiger partial charge in [0.25, 0.3) is 0 Å². The van der Waals surface area contributed by atoms with Crippen molar-refractivity contribution in [1.82, 2.24) is 0 Å². The van der Waals surface area contributed by atoms with Gasteiger partial charge in [0.05, 0.1) is 32.0 Å². The van der Waals surface area contributed by atoms with E-state index in [0.29, 0.717) is 19.3 Å². The van der Waals surface area contributed by atoms with E-state index in [-0.39, 0.29) is 47.2 Å². The van der Waals surface area contributed by atoms with E-state index in [1.54, 1.807) is 0 Å². The molecule has 22 atom stereocenters. The molecule has 0 aromatic heterocycles. The maximum Gasteiger partial charge on any atom is 0.312 e. The molecule has 3 heterocycles. The lowest BCUT2D eigenvalue weighted by Gasteiger charge is -2.71. The van der Waals surface area contributed by atoms with Crippen molar-refractivity contribution >= 4 is 5.97 Å². The van der Waals surface area contributed by atoms with E-state index in [4.69, 9.17) is 28.4 Å². The first kappa shape index (κ1) is 48.1. The van der Waals surface area contributed by atoms with Gasteiger partial charge in [0, 0.05) is 0 Å². The van der Waals surface area contributed by atoms with Crippen molar-refractivity contribution < 1.29 is 84.3 Å². The van der Waals surface area contributed by atoms with Crippen molar-refractivity contribution in [1.29, 1.82) is 0 Å². The van der Waals surface area contributed by atoms with Crippen LogP contribution in [0, 0.1) is 50.2 Å². The first-order chi connectivity index (χ1) is 29.3. The fraction of sp³-hybridized carbons (Fsp3) is 0.935. The summed E-state index contributed by atoms with van der Waals surface area (Å²) in [5.41, 5.74) is -1.18. The van der Waals surface area contributed by atoms with Crippen molar-refractivity contribution in [3.63, 3.8) is 0 Å². The lowest BCUT2D eigenvalue weighted by molar-refractivity contribution is -0.357. The number of carbonyl (C=O) groups is 1. The third-order valence-corrected chi connectivity index (χ3v) is 18.6. The average Bonchev–Trinajstić information content (AvgIpc) is 3.20. The quantitative estimate of drug-likeness (QED) is 0.120. The Bertz CT molecular complexity index is 1730. The third kappa shape index (κ3) is 7.50. The number of aliphatic hydroxyl groups excluding tert-OH is 9. The van der Waals surface area contributed by atoms with Crippen LogP contribution in [0.2, 0.25) is 0 Å². The van der Waals surface area contributed by atoms with Gasteiger partial charge < -0.3 is 79.5 Å². The van der Waals surface area contributed by atoms with Gasteiger partial charge in [-0.1, -0.05) is 60.1 Å². The second-order valence-corrected chi connectivity index (χ2v) is 22.7. The molecule has 0 aromatic carbocycles. The van der Waals surface area contributed by atoms with E-state index in [1.807, 2.05) is 0 Å². The summed E-state index contributed by atoms with van der Waals surface area (Å²) in [7, 11) is 0. The zero-order chi connectivity index (χ0) is 46.0. The Morgan fingerprint density at radius 2 is 1.35 bits per heavy atom. The molecule has 0 amide bonds. The molecule has 17 nitrogen and oxygen atoms in total. The molecule has 0 radical (unpaired) electrons. The summed E-state index contributed by atoms with van der Waals surface area (Å²) in [6.45, 7) is 14.7. The molecular weight excluding hydrogens is 824 g/mol. The minimum Gasteiger partial charge on any atom is -0.481 e. The van der Waals surface area contributed by atoms with E-state index in [1.165, 1.54) is 5.57 Å². The molecule has 8 rings (SSSR count). The van der Waals surface area contributed by atoms with Crippen LogP contribution in [-0.2, 0) is 33.2 Å². The van der Waals surface area contributed by atoms with Gasteiger partial charge in [0.2, 0.25) is 0 Å². The summed E-state index contributed by atoms with van der Waals surface area (Å²) in [5, 5.41) is 108. The van der Waals surface area contributed by atoms with Crippen LogP contribution in [0.3, 0.4) is 0 Å². The Morgan fingerprint density at radius 3 is 2.03 bits per heavy atom. The molecule has 0 spiro atoms. The highest BCUT2D eigenvalue weighted by Crippen LogP contribution is 2.76. The number of allylic oxidation sites excluding steroid dienone is 2. The van der Waals surface area contributed by atoms with Crippen molar-refractivity contribution in [2.45, 2.75) is 198 Å². The number of carboxylic acid groups (broad SMARTS) is 1. The standard InChI is InChI=1S/C46H74O17/c1-41(2)14-15-46(40(56)57)22(16-41)21-8-9-27-43(5)12-11-29(42(3,4)26(43)10-13-44(27,6)45(21,7)17-28(46)49)62-38-35(55)33(53)32(52)25(61-38)20-60-39-36(31(51)24(48)19-59-39)63-37-34(54)30(50)23(47)18-58-37/h8,22-39,47-55H,9-20H2,1-7H3,(H,56,57)/t22-,23-,24-,25+,26?,27?,28+,29-,30-,31-,32+,33-,34+,35+,36+,37-,38-,39-,43-,44+,45+,46+/m0/s1. The predicted octanol–water partition coefficient (Wildman–Crippen LogP) is 0.955. The number of fused-ring (bicyclic) bond motifs is 7. The molecule has 3 aliphatic heterocycles. The zero-order valence-corrected chi connectivity index (χ0v) is 37.8. The molecule has 8 aliphatic rings. The molecular formula is C46H74O17. The molecule has 4 saturated carbocycles. The third-order valence-electron chi connectivity index (χ3n) is 18.6. The summed E-state index contributed by atoms with van der Waals surface area (Å²) in [6.07, 6.45) is -12.3. The average molecular weight is 899 g/mol. The number of carboxylic acids is 1. The topological polar surface area (TPSA) is 275 Å². The van der Waals surface area contributed by atoms with Gasteiger partial charge in [0.15, 0.2) is 18.9 Å². The minimum absolute atomic E-state index is 0.0349. The van der Waals surface area contributed by atoms with Crippen LogP contribution < -0.4 is 0 Å². The van der Waals surface area contributed by atoms with Gasteiger partial charge >= 0.3 is 5.97 Å². The number of rotatable bonds is 8. The molecule has 0 bridgehead atoms. The Hall–Kier alpha value is -1.39. The van der Waals surface area contributed by atoms with E-state index < -0.39 is 121 Å². The van der Waals surface area contributed by atoms with E-state index in [2.05, 4.69) is 54.5 Å². The fourth-order valence-electron chi connectivity index (χ4n) is 14.6. The lowest BCUT2D eigenvalue weighted by Crippen LogP contribution is -2.68. The molecule has 0 aromatic rings. The summed E-state index contributed by atoms with van der Waals surface area (Å²) >= 11 is 0. The predicted molar refractivity (Wildman–Crippen MR) is 220 cm³/mol. The SMILES string of the molecule is CC1(C)CC[C@]2(C(=O)O)[C@H](O)C[C@]3(C)C(=CCC4[C@@]5(C)CC[C@H](O[C@@H]6O[C@H](CO[C@@H]7OC[C@H](O)[C@H](O)[C@H]7O[C@@H]7OC[C@H](O)[C@H](O)[C@H]7O)[C@@H](O)[C@H](O)[C@H]6O)C(C)(C)C5CC[C@]43C)[C@@H]2C1. The smallest absolute Gasteiger partial charge is 0.312 e. The van der Waals surface area contributed by atoms with Crippen molar-refractivity contribution in [2.75, 3.05) is 19.8 Å². The summed E-state index contributed by atoms with van der Waals surface area (Å²) in [5.74, 6) is -0.701. The van der Waals surface area contributed by atoms with Crippen LogP contribution in [0.4, 0.5) is 0 Å². The van der Waals surface area contributed by atoms with Crippen molar-refractivity contribution in [3.8, 4) is 0 Å². The molecule has 2 unspecified atom stereocenters. The van der Waals surface area contributed by atoms with E-state index >= 15 is 0 Å². The van der Waals surface area contributed by atoms with Crippen LogP contribution in [0.15, 0.2) is 11.6 Å². The second-order valence-electron chi connectivity index (χ2n) is 22.7. The monoisotopic (exact) mass is 898 g/mol. The minimum atomic E-state index is -1.70. The van der Waals surface area contributed by atoms with Gasteiger partial charge in [-0.3, -0.25) is 4.79 Å². The highest BCUT2D eigenvalue weighted by Gasteiger charge is 2.71. The van der Waals surface area contributed by atoms with Crippen LogP contribution in [0.25, 0.3) is 0 Å². The fourth-order valence-corrected chi connectivity index (χ4v) is 14.6. The molecule has 63 heavy (non-hydrogen) atoms. The summed E-state index contributed by atoms with van der Waals surface area (Å²) < 4.78 is 35.4. The van der Waals surface area contributed by atoms with Crippen molar-refractivity contribution in [2.24, 2.45) is 50.2 Å². The molecule has 3 saturated heterocycles. The molecule has 5 aliphatic carbocycles. The second kappa shape index (κ2) is 16.7. The Balaban J connectivity index is 0.970. The van der Waals surface area contributed by atoms with Crippen LogP contribution in [0.5, 0.6) is 0 Å². The largest absolute Gasteiger partial charge is 0.481 e. The number of aliphatic carboxylic acids is 1. The maximum atomic E-state index is 13.1. The van der Waals surface area contributed by atoms with Crippen LogP contribution >= 0.6 is 0 Å². The highest BCUT2D eigenvalue weighted by atomic mass is 16.8. The summed E-state index contributed by atoms with van der Waals surface area (Å²) in [6, 6.07) is 0. The van der Waals surface area contributed by atoms with Crippen molar-refractivity contribution in [3.05, 3.63) is 11.6 Å².